The monoisotopic (exact) mass is 312 g/mol. The number of hydrogen-bond donors (Lipinski definition) is 0. The molecule has 2 aliphatic rings. The van der Waals surface area contributed by atoms with Crippen molar-refractivity contribution in [2.75, 3.05) is 34.0 Å². The first kappa shape index (κ1) is 17.1. The zero-order valence-electron chi connectivity index (χ0n) is 13.9. The number of nitrogens with zero attached hydrogens (tertiary/aromatic N) is 2. The molecule has 0 N–H and O–H groups in total. The quantitative estimate of drug-likeness (QED) is 0.702. The summed E-state index contributed by atoms with van der Waals surface area (Å²) >= 11 is 0. The van der Waals surface area contributed by atoms with Crippen LogP contribution in [-0.2, 0) is 19.0 Å². The number of hydrazone groups is 1. The van der Waals surface area contributed by atoms with Gasteiger partial charge in [0.05, 0.1) is 26.4 Å². The highest BCUT2D eigenvalue weighted by Gasteiger charge is 2.32. The molecule has 2 fully saturated rings. The topological polar surface area (TPSA) is 60.4 Å². The van der Waals surface area contributed by atoms with E-state index in [0.717, 1.165) is 38.1 Å². The van der Waals surface area contributed by atoms with Gasteiger partial charge < -0.3 is 14.2 Å². The second-order valence-corrected chi connectivity index (χ2v) is 6.21. The summed E-state index contributed by atoms with van der Waals surface area (Å²) in [4.78, 5) is 11.5. The summed E-state index contributed by atoms with van der Waals surface area (Å²) in [6, 6.07) is 0.333. The molecule has 0 spiro atoms. The molecular weight excluding hydrogens is 284 g/mol. The van der Waals surface area contributed by atoms with Crippen molar-refractivity contribution in [1.82, 2.24) is 5.01 Å². The number of rotatable bonds is 6. The highest BCUT2D eigenvalue weighted by atomic mass is 16.5. The molecule has 0 saturated carbocycles. The first-order valence-electron chi connectivity index (χ1n) is 8.19. The standard InChI is InChI=1S/C16H28N2O4/c1-12(10-15(19)21-3)14-7-5-9-22-16(14)17-18-8-4-6-13(18)11-20-2/h12-14H,4-11H2,1-3H3/b17-16-/t12-,13-,14-/m0/s1. The van der Waals surface area contributed by atoms with E-state index in [1.54, 1.807) is 7.11 Å². The first-order valence-corrected chi connectivity index (χ1v) is 8.19. The zero-order chi connectivity index (χ0) is 15.9. The molecule has 22 heavy (non-hydrogen) atoms. The van der Waals surface area contributed by atoms with E-state index in [9.17, 15) is 4.79 Å². The van der Waals surface area contributed by atoms with Crippen molar-refractivity contribution >= 4 is 11.9 Å². The molecule has 0 radical (unpaired) electrons. The van der Waals surface area contributed by atoms with Crippen molar-refractivity contribution in [3.8, 4) is 0 Å². The average Bonchev–Trinajstić information content (AvgIpc) is 2.95. The molecule has 6 nitrogen and oxygen atoms in total. The van der Waals surface area contributed by atoms with E-state index in [2.05, 4.69) is 11.9 Å². The van der Waals surface area contributed by atoms with Crippen LogP contribution in [0.4, 0.5) is 0 Å². The van der Waals surface area contributed by atoms with Gasteiger partial charge in [-0.3, -0.25) is 9.80 Å². The maximum absolute atomic E-state index is 11.5. The number of esters is 1. The lowest BCUT2D eigenvalue weighted by Gasteiger charge is -2.31. The molecule has 3 atom stereocenters. The van der Waals surface area contributed by atoms with Crippen molar-refractivity contribution in [3.63, 3.8) is 0 Å². The lowest BCUT2D eigenvalue weighted by Crippen LogP contribution is -2.35. The van der Waals surface area contributed by atoms with Crippen molar-refractivity contribution in [3.05, 3.63) is 0 Å². The molecule has 0 aromatic rings. The SMILES string of the molecule is COC[C@@H]1CCCN1/N=C1\OCCC[C@H]1[C@@H](C)CC(=O)OC. The second-order valence-electron chi connectivity index (χ2n) is 6.21. The Bertz CT molecular complexity index is 400. The van der Waals surface area contributed by atoms with Gasteiger partial charge >= 0.3 is 5.97 Å². The molecule has 2 aliphatic heterocycles. The highest BCUT2D eigenvalue weighted by Crippen LogP contribution is 2.28. The fourth-order valence-electron chi connectivity index (χ4n) is 3.27. The summed E-state index contributed by atoms with van der Waals surface area (Å²) in [5.74, 6) is 0.980. The minimum atomic E-state index is -0.171. The predicted octanol–water partition coefficient (Wildman–Crippen LogP) is 2.04. The molecule has 0 unspecified atom stereocenters. The Balaban J connectivity index is 2.05. The van der Waals surface area contributed by atoms with Gasteiger partial charge in [0.15, 0.2) is 0 Å². The van der Waals surface area contributed by atoms with Crippen LogP contribution in [-0.4, -0.2) is 56.9 Å². The molecule has 0 amide bonds. The lowest BCUT2D eigenvalue weighted by atomic mass is 9.86. The summed E-state index contributed by atoms with van der Waals surface area (Å²) in [5, 5.41) is 6.87. The van der Waals surface area contributed by atoms with Crippen molar-refractivity contribution in [2.45, 2.75) is 45.1 Å². The third-order valence-corrected chi connectivity index (χ3v) is 4.56. The van der Waals surface area contributed by atoms with Crippen LogP contribution in [0.1, 0.15) is 39.0 Å². The van der Waals surface area contributed by atoms with Crippen LogP contribution in [0.15, 0.2) is 5.10 Å². The van der Waals surface area contributed by atoms with E-state index in [1.165, 1.54) is 7.11 Å². The summed E-state index contributed by atoms with van der Waals surface area (Å²) in [6.07, 6.45) is 4.67. The van der Waals surface area contributed by atoms with Crippen LogP contribution in [0.2, 0.25) is 0 Å². The van der Waals surface area contributed by atoms with E-state index in [-0.39, 0.29) is 17.8 Å². The first-order chi connectivity index (χ1) is 10.7. The number of ether oxygens (including phenoxy) is 3. The molecular formula is C16H28N2O4. The van der Waals surface area contributed by atoms with E-state index in [4.69, 9.17) is 19.3 Å². The van der Waals surface area contributed by atoms with E-state index >= 15 is 0 Å². The van der Waals surface area contributed by atoms with Gasteiger partial charge in [0.25, 0.3) is 0 Å². The average molecular weight is 312 g/mol. The molecule has 2 rings (SSSR count). The van der Waals surface area contributed by atoms with Gasteiger partial charge in [0.1, 0.15) is 0 Å². The minimum Gasteiger partial charge on any atom is -0.480 e. The van der Waals surface area contributed by atoms with Gasteiger partial charge in [-0.2, -0.15) is 0 Å². The maximum atomic E-state index is 11.5. The van der Waals surface area contributed by atoms with Crippen LogP contribution in [0, 0.1) is 11.8 Å². The minimum absolute atomic E-state index is 0.171. The van der Waals surface area contributed by atoms with E-state index < -0.39 is 0 Å². The molecule has 2 heterocycles. The third-order valence-electron chi connectivity index (χ3n) is 4.56. The van der Waals surface area contributed by atoms with Crippen LogP contribution in [0.3, 0.4) is 0 Å². The van der Waals surface area contributed by atoms with Crippen LogP contribution in [0.25, 0.3) is 0 Å². The number of carbonyl (C=O) groups excluding carboxylic acids is 1. The second kappa shape index (κ2) is 8.36. The molecule has 0 bridgehead atoms. The number of hydrogen-bond acceptors (Lipinski definition) is 6. The fourth-order valence-corrected chi connectivity index (χ4v) is 3.27. The third kappa shape index (κ3) is 4.35. The Morgan fingerprint density at radius 3 is 2.95 bits per heavy atom. The number of carbonyl (C=O) groups is 1. The molecule has 6 heteroatoms. The summed E-state index contributed by atoms with van der Waals surface area (Å²) in [6.45, 7) is 4.42. The highest BCUT2D eigenvalue weighted by molar-refractivity contribution is 5.80. The van der Waals surface area contributed by atoms with E-state index in [1.807, 2.05) is 0 Å². The Morgan fingerprint density at radius 2 is 2.23 bits per heavy atom. The zero-order valence-corrected chi connectivity index (χ0v) is 13.9. The largest absolute Gasteiger partial charge is 0.480 e. The van der Waals surface area contributed by atoms with Gasteiger partial charge in [0.2, 0.25) is 5.90 Å². The van der Waals surface area contributed by atoms with E-state index in [0.29, 0.717) is 25.7 Å². The normalized spacial score (nSPS) is 28.5. The Morgan fingerprint density at radius 1 is 1.41 bits per heavy atom. The number of methoxy groups -OCH3 is 2. The van der Waals surface area contributed by atoms with Crippen molar-refractivity contribution < 1.29 is 19.0 Å². The molecule has 0 aliphatic carbocycles. The maximum Gasteiger partial charge on any atom is 0.305 e. The van der Waals surface area contributed by atoms with Gasteiger partial charge in [-0.15, -0.1) is 5.10 Å². The van der Waals surface area contributed by atoms with Crippen molar-refractivity contribution in [1.29, 1.82) is 0 Å². The lowest BCUT2D eigenvalue weighted by molar-refractivity contribution is -0.141. The van der Waals surface area contributed by atoms with Crippen molar-refractivity contribution in [2.24, 2.45) is 16.9 Å². The molecule has 0 aromatic heterocycles. The Hall–Kier alpha value is -1.30. The van der Waals surface area contributed by atoms with Crippen LogP contribution in [0.5, 0.6) is 0 Å². The smallest absolute Gasteiger partial charge is 0.305 e. The molecule has 0 aromatic carbocycles. The summed E-state index contributed by atoms with van der Waals surface area (Å²) in [5.41, 5.74) is 0. The van der Waals surface area contributed by atoms with Crippen LogP contribution < -0.4 is 0 Å². The van der Waals surface area contributed by atoms with Gasteiger partial charge in [0, 0.05) is 26.0 Å². The van der Waals surface area contributed by atoms with Crippen LogP contribution >= 0.6 is 0 Å². The van der Waals surface area contributed by atoms with Gasteiger partial charge in [-0.1, -0.05) is 6.92 Å². The fraction of sp³-hybridized carbons (Fsp3) is 0.875. The molecule has 2 saturated heterocycles. The molecule has 126 valence electrons. The van der Waals surface area contributed by atoms with Gasteiger partial charge in [-0.25, -0.2) is 0 Å². The Kier molecular flexibility index (Phi) is 6.49. The van der Waals surface area contributed by atoms with Gasteiger partial charge in [-0.05, 0) is 31.6 Å². The summed E-state index contributed by atoms with van der Waals surface area (Å²) < 4.78 is 15.9. The summed E-state index contributed by atoms with van der Waals surface area (Å²) in [7, 11) is 3.16. The predicted molar refractivity (Wildman–Crippen MR) is 83.5 cm³/mol. The Labute approximate surface area is 132 Å².